The van der Waals surface area contributed by atoms with Crippen LogP contribution in [-0.2, 0) is 6.54 Å². The van der Waals surface area contributed by atoms with Crippen molar-refractivity contribution < 1.29 is 0 Å². The molecule has 0 aromatic carbocycles. The zero-order valence-corrected chi connectivity index (χ0v) is 8.78. The van der Waals surface area contributed by atoms with Crippen LogP contribution in [0, 0.1) is 28.1 Å². The number of halogens is 1. The molecule has 0 spiro atoms. The lowest BCUT2D eigenvalue weighted by Gasteiger charge is -2.15. The summed E-state index contributed by atoms with van der Waals surface area (Å²) in [4.78, 5) is 0. The van der Waals surface area contributed by atoms with Crippen molar-refractivity contribution in [2.45, 2.75) is 13.0 Å². The van der Waals surface area contributed by atoms with Crippen LogP contribution in [0.5, 0.6) is 0 Å². The average Bonchev–Trinajstić information content (AvgIpc) is 2.63. The zero-order chi connectivity index (χ0) is 11.3. The third-order valence-electron chi connectivity index (χ3n) is 1.95. The topological polar surface area (TPSA) is 65.4 Å². The van der Waals surface area contributed by atoms with Crippen LogP contribution in [0.2, 0.25) is 5.02 Å². The van der Waals surface area contributed by atoms with E-state index in [1.54, 1.807) is 12.3 Å². The molecular weight excluding hydrogens is 212 g/mol. The Balaban J connectivity index is 2.90. The summed E-state index contributed by atoms with van der Waals surface area (Å²) in [6.07, 6.45) is 4.90. The molecule has 0 saturated heterocycles. The molecule has 1 aromatic heterocycles. The zero-order valence-electron chi connectivity index (χ0n) is 8.02. The van der Waals surface area contributed by atoms with Crippen LogP contribution in [0.3, 0.4) is 0 Å². The van der Waals surface area contributed by atoms with Gasteiger partial charge in [-0.1, -0.05) is 17.7 Å². The molecule has 0 aliphatic rings. The molecule has 76 valence electrons. The van der Waals surface area contributed by atoms with Gasteiger partial charge in [-0.15, -0.1) is 6.58 Å². The minimum Gasteiger partial charge on any atom is -0.269 e. The summed E-state index contributed by atoms with van der Waals surface area (Å²) in [5.41, 5.74) is -1.11. The SMILES string of the molecule is C=CCC(C#N)(C#N)Cn1cc(Cl)cn1. The second kappa shape index (κ2) is 4.63. The summed E-state index contributed by atoms with van der Waals surface area (Å²) < 4.78 is 1.48. The molecule has 0 N–H and O–H groups in total. The van der Waals surface area contributed by atoms with Gasteiger partial charge in [-0.3, -0.25) is 4.68 Å². The highest BCUT2D eigenvalue weighted by Crippen LogP contribution is 2.23. The van der Waals surface area contributed by atoms with E-state index in [4.69, 9.17) is 22.1 Å². The Bertz CT molecular complexity index is 421. The monoisotopic (exact) mass is 220 g/mol. The van der Waals surface area contributed by atoms with Crippen LogP contribution in [0.15, 0.2) is 25.0 Å². The molecule has 0 saturated carbocycles. The van der Waals surface area contributed by atoms with E-state index < -0.39 is 5.41 Å². The Morgan fingerprint density at radius 2 is 2.27 bits per heavy atom. The molecule has 0 amide bonds. The van der Waals surface area contributed by atoms with Gasteiger partial charge in [-0.05, 0) is 6.42 Å². The third-order valence-corrected chi connectivity index (χ3v) is 2.15. The van der Waals surface area contributed by atoms with Crippen LogP contribution < -0.4 is 0 Å². The predicted molar refractivity (Wildman–Crippen MR) is 55.7 cm³/mol. The molecule has 4 nitrogen and oxygen atoms in total. The molecular formula is C10H9ClN4. The molecule has 0 atom stereocenters. The molecule has 1 rings (SSSR count). The summed E-state index contributed by atoms with van der Waals surface area (Å²) in [6.45, 7) is 3.72. The van der Waals surface area contributed by atoms with Gasteiger partial charge in [0.1, 0.15) is 0 Å². The van der Waals surface area contributed by atoms with Crippen molar-refractivity contribution in [3.63, 3.8) is 0 Å². The molecule has 0 aliphatic heterocycles. The quantitative estimate of drug-likeness (QED) is 0.731. The molecule has 5 heteroatoms. The number of nitriles is 2. The maximum atomic E-state index is 8.98. The van der Waals surface area contributed by atoms with Gasteiger partial charge in [-0.2, -0.15) is 15.6 Å². The van der Waals surface area contributed by atoms with Crippen molar-refractivity contribution in [1.82, 2.24) is 9.78 Å². The van der Waals surface area contributed by atoms with E-state index in [0.29, 0.717) is 11.4 Å². The van der Waals surface area contributed by atoms with Gasteiger partial charge in [0.2, 0.25) is 0 Å². The first kappa shape index (κ1) is 11.3. The smallest absolute Gasteiger partial charge is 0.166 e. The van der Waals surface area contributed by atoms with Gasteiger partial charge in [0.15, 0.2) is 5.41 Å². The van der Waals surface area contributed by atoms with Crippen molar-refractivity contribution in [3.8, 4) is 12.1 Å². The van der Waals surface area contributed by atoms with Crippen molar-refractivity contribution in [1.29, 1.82) is 10.5 Å². The number of nitrogens with zero attached hydrogens (tertiary/aromatic N) is 4. The molecule has 1 aromatic rings. The summed E-state index contributed by atoms with van der Waals surface area (Å²) in [5, 5.41) is 22.4. The normalized spacial score (nSPS) is 10.3. The Hall–Kier alpha value is -1.78. The summed E-state index contributed by atoms with van der Waals surface area (Å²) in [6, 6.07) is 3.98. The molecule has 15 heavy (non-hydrogen) atoms. The molecule has 0 bridgehead atoms. The highest BCUT2D eigenvalue weighted by Gasteiger charge is 2.29. The van der Waals surface area contributed by atoms with E-state index >= 15 is 0 Å². The second-order valence-electron chi connectivity index (χ2n) is 3.15. The number of hydrogen-bond donors (Lipinski definition) is 0. The maximum Gasteiger partial charge on any atom is 0.166 e. The summed E-state index contributed by atoms with van der Waals surface area (Å²) in [7, 11) is 0. The van der Waals surface area contributed by atoms with Gasteiger partial charge >= 0.3 is 0 Å². The number of aromatic nitrogens is 2. The highest BCUT2D eigenvalue weighted by atomic mass is 35.5. The van der Waals surface area contributed by atoms with E-state index in [9.17, 15) is 0 Å². The van der Waals surface area contributed by atoms with Gasteiger partial charge in [-0.25, -0.2) is 0 Å². The predicted octanol–water partition coefficient (Wildman–Crippen LogP) is 2.15. The summed E-state index contributed by atoms with van der Waals surface area (Å²) in [5.74, 6) is 0. The molecule has 0 radical (unpaired) electrons. The minimum atomic E-state index is -1.11. The van der Waals surface area contributed by atoms with Crippen LogP contribution >= 0.6 is 11.6 Å². The fourth-order valence-electron chi connectivity index (χ4n) is 1.20. The van der Waals surface area contributed by atoms with Crippen molar-refractivity contribution in [2.75, 3.05) is 0 Å². The Kier molecular flexibility index (Phi) is 3.49. The van der Waals surface area contributed by atoms with Crippen LogP contribution in [0.25, 0.3) is 0 Å². The molecule has 0 aliphatic carbocycles. The average molecular weight is 221 g/mol. The highest BCUT2D eigenvalue weighted by molar-refractivity contribution is 6.30. The van der Waals surface area contributed by atoms with Crippen LogP contribution in [0.1, 0.15) is 6.42 Å². The van der Waals surface area contributed by atoms with Crippen molar-refractivity contribution in [3.05, 3.63) is 30.1 Å². The van der Waals surface area contributed by atoms with E-state index in [0.717, 1.165) is 0 Å². The Morgan fingerprint density at radius 3 is 2.67 bits per heavy atom. The van der Waals surface area contributed by atoms with Gasteiger partial charge in [0.05, 0.1) is 29.9 Å². The van der Waals surface area contributed by atoms with Gasteiger partial charge in [0.25, 0.3) is 0 Å². The molecule has 0 fully saturated rings. The van der Waals surface area contributed by atoms with E-state index in [-0.39, 0.29) is 6.54 Å². The number of rotatable bonds is 4. The van der Waals surface area contributed by atoms with Crippen molar-refractivity contribution >= 4 is 11.6 Å². The first-order chi connectivity index (χ1) is 7.15. The molecule has 0 unspecified atom stereocenters. The lowest BCUT2D eigenvalue weighted by molar-refractivity contribution is 0.410. The largest absolute Gasteiger partial charge is 0.269 e. The van der Waals surface area contributed by atoms with E-state index in [2.05, 4.69) is 11.7 Å². The number of allylic oxidation sites excluding steroid dienone is 1. The summed E-state index contributed by atoms with van der Waals surface area (Å²) >= 11 is 5.68. The third kappa shape index (κ3) is 2.59. The van der Waals surface area contributed by atoms with E-state index in [1.165, 1.54) is 10.9 Å². The standard InChI is InChI=1S/C10H9ClN4/c1-2-3-10(6-12,7-13)8-15-5-9(11)4-14-15/h2,4-5H,1,3,8H2. The Morgan fingerprint density at radius 1 is 1.60 bits per heavy atom. The first-order valence-corrected chi connectivity index (χ1v) is 4.65. The van der Waals surface area contributed by atoms with Crippen molar-refractivity contribution in [2.24, 2.45) is 5.41 Å². The second-order valence-corrected chi connectivity index (χ2v) is 3.59. The van der Waals surface area contributed by atoms with Crippen LogP contribution in [-0.4, -0.2) is 9.78 Å². The minimum absolute atomic E-state index is 0.193. The fourth-order valence-corrected chi connectivity index (χ4v) is 1.36. The Labute approximate surface area is 93.0 Å². The lowest BCUT2D eigenvalue weighted by atomic mass is 9.88. The number of hydrogen-bond acceptors (Lipinski definition) is 3. The van der Waals surface area contributed by atoms with E-state index in [1.807, 2.05) is 12.1 Å². The van der Waals surface area contributed by atoms with Gasteiger partial charge in [0, 0.05) is 6.20 Å². The molecule has 1 heterocycles. The fraction of sp³-hybridized carbons (Fsp3) is 0.300. The van der Waals surface area contributed by atoms with Crippen LogP contribution in [0.4, 0.5) is 0 Å². The maximum absolute atomic E-state index is 8.98. The lowest BCUT2D eigenvalue weighted by Crippen LogP contribution is -2.23. The first-order valence-electron chi connectivity index (χ1n) is 4.27. The van der Waals surface area contributed by atoms with Gasteiger partial charge < -0.3 is 0 Å².